The number of nitrogens with zero attached hydrogens (tertiary/aromatic N) is 1. The van der Waals surface area contributed by atoms with E-state index in [2.05, 4.69) is 5.43 Å². The number of hydrogen-bond donors (Lipinski definition) is 2. The van der Waals surface area contributed by atoms with Crippen LogP contribution in [0.2, 0.25) is 0 Å². The molecule has 0 saturated carbocycles. The molecule has 14 heavy (non-hydrogen) atoms. The molecule has 0 bridgehead atoms. The van der Waals surface area contributed by atoms with E-state index >= 15 is 0 Å². The van der Waals surface area contributed by atoms with Crippen LogP contribution in [0.4, 0.5) is 4.39 Å². The van der Waals surface area contributed by atoms with E-state index in [9.17, 15) is 4.39 Å². The summed E-state index contributed by atoms with van der Waals surface area (Å²) in [7, 11) is 3.68. The topological polar surface area (TPSA) is 35.5 Å². The molecule has 0 aliphatic rings. The Morgan fingerprint density at radius 2 is 2.07 bits per heavy atom. The lowest BCUT2D eigenvalue weighted by Gasteiger charge is -2.19. The van der Waals surface area contributed by atoms with Crippen molar-refractivity contribution in [3.8, 4) is 5.75 Å². The number of aromatic hydroxyl groups is 1. The van der Waals surface area contributed by atoms with Crippen molar-refractivity contribution in [3.05, 3.63) is 29.6 Å². The Morgan fingerprint density at radius 1 is 1.43 bits per heavy atom. The maximum atomic E-state index is 13.3. The third kappa shape index (κ3) is 2.68. The minimum Gasteiger partial charge on any atom is -0.508 e. The summed E-state index contributed by atoms with van der Waals surface area (Å²) in [5.41, 5.74) is 3.57. The zero-order valence-electron chi connectivity index (χ0n) is 8.58. The van der Waals surface area contributed by atoms with Crippen molar-refractivity contribution in [1.29, 1.82) is 0 Å². The van der Waals surface area contributed by atoms with Crippen molar-refractivity contribution in [2.45, 2.75) is 13.0 Å². The molecule has 78 valence electrons. The van der Waals surface area contributed by atoms with Gasteiger partial charge in [0.1, 0.15) is 11.6 Å². The van der Waals surface area contributed by atoms with Crippen LogP contribution < -0.4 is 5.43 Å². The van der Waals surface area contributed by atoms with Gasteiger partial charge < -0.3 is 5.11 Å². The molecule has 2 N–H and O–H groups in total. The van der Waals surface area contributed by atoms with Crippen LogP contribution in [0.5, 0.6) is 5.75 Å². The molecular weight excluding hydrogens is 183 g/mol. The molecule has 0 saturated heterocycles. The van der Waals surface area contributed by atoms with Gasteiger partial charge in [0.05, 0.1) is 0 Å². The van der Waals surface area contributed by atoms with Crippen LogP contribution >= 0.6 is 0 Å². The van der Waals surface area contributed by atoms with E-state index in [0.717, 1.165) is 6.07 Å². The van der Waals surface area contributed by atoms with Crippen molar-refractivity contribution in [2.75, 3.05) is 14.1 Å². The first-order valence-corrected chi connectivity index (χ1v) is 4.42. The molecule has 0 amide bonds. The first-order valence-electron chi connectivity index (χ1n) is 4.42. The van der Waals surface area contributed by atoms with Gasteiger partial charge in [-0.15, -0.1) is 0 Å². The molecule has 1 aromatic carbocycles. The van der Waals surface area contributed by atoms with E-state index < -0.39 is 5.82 Å². The van der Waals surface area contributed by atoms with Crippen LogP contribution in [0.25, 0.3) is 0 Å². The molecular formula is C10H15FN2O. The molecule has 1 rings (SSSR count). The number of halogens is 1. The van der Waals surface area contributed by atoms with Gasteiger partial charge in [0, 0.05) is 31.8 Å². The number of phenols is 1. The van der Waals surface area contributed by atoms with Crippen molar-refractivity contribution < 1.29 is 9.50 Å². The van der Waals surface area contributed by atoms with Gasteiger partial charge >= 0.3 is 0 Å². The average Bonchev–Trinajstić information content (AvgIpc) is 2.01. The fourth-order valence-electron chi connectivity index (χ4n) is 1.32. The van der Waals surface area contributed by atoms with E-state index in [0.29, 0.717) is 5.56 Å². The lowest BCUT2D eigenvalue weighted by atomic mass is 10.1. The highest BCUT2D eigenvalue weighted by Gasteiger charge is 2.11. The molecule has 1 aromatic rings. The molecule has 0 radical (unpaired) electrons. The highest BCUT2D eigenvalue weighted by molar-refractivity contribution is 5.29. The highest BCUT2D eigenvalue weighted by atomic mass is 19.1. The van der Waals surface area contributed by atoms with Gasteiger partial charge in [-0.3, -0.25) is 5.01 Å². The van der Waals surface area contributed by atoms with Gasteiger partial charge in [0.25, 0.3) is 0 Å². The van der Waals surface area contributed by atoms with Crippen LogP contribution in [0.1, 0.15) is 18.5 Å². The van der Waals surface area contributed by atoms with Crippen LogP contribution in [0.15, 0.2) is 18.2 Å². The molecule has 3 nitrogen and oxygen atoms in total. The first-order chi connectivity index (χ1) is 6.50. The van der Waals surface area contributed by atoms with Gasteiger partial charge in [-0.1, -0.05) is 6.07 Å². The van der Waals surface area contributed by atoms with Crippen LogP contribution in [-0.4, -0.2) is 24.2 Å². The third-order valence-electron chi connectivity index (χ3n) is 1.90. The summed E-state index contributed by atoms with van der Waals surface area (Å²) in [4.78, 5) is 0. The second-order valence-corrected chi connectivity index (χ2v) is 3.45. The lowest BCUT2D eigenvalue weighted by molar-refractivity contribution is 0.249. The first kappa shape index (κ1) is 10.9. The molecule has 1 atom stereocenters. The predicted molar refractivity (Wildman–Crippen MR) is 53.3 cm³/mol. The summed E-state index contributed by atoms with van der Waals surface area (Å²) < 4.78 is 13.3. The maximum Gasteiger partial charge on any atom is 0.131 e. The average molecular weight is 198 g/mol. The quantitative estimate of drug-likeness (QED) is 0.725. The van der Waals surface area contributed by atoms with Crippen molar-refractivity contribution in [1.82, 2.24) is 10.4 Å². The summed E-state index contributed by atoms with van der Waals surface area (Å²) in [5, 5.41) is 10.8. The fourth-order valence-corrected chi connectivity index (χ4v) is 1.32. The maximum absolute atomic E-state index is 13.3. The molecule has 0 aromatic heterocycles. The van der Waals surface area contributed by atoms with Crippen LogP contribution in [0.3, 0.4) is 0 Å². The van der Waals surface area contributed by atoms with Crippen molar-refractivity contribution in [3.63, 3.8) is 0 Å². The van der Waals surface area contributed by atoms with Crippen LogP contribution in [0, 0.1) is 5.82 Å². The van der Waals surface area contributed by atoms with Gasteiger partial charge in [0.15, 0.2) is 0 Å². The molecule has 1 unspecified atom stereocenters. The summed E-state index contributed by atoms with van der Waals surface area (Å²) in [5.74, 6) is -0.449. The predicted octanol–water partition coefficient (Wildman–Crippen LogP) is 1.66. The highest BCUT2D eigenvalue weighted by Crippen LogP contribution is 2.20. The molecule has 4 heteroatoms. The Balaban J connectivity index is 2.84. The summed E-state index contributed by atoms with van der Waals surface area (Å²) in [6, 6.07) is 4.05. The number of hydrogen-bond acceptors (Lipinski definition) is 3. The van der Waals surface area contributed by atoms with Gasteiger partial charge in [-0.25, -0.2) is 9.82 Å². The van der Waals surface area contributed by atoms with Crippen molar-refractivity contribution in [2.24, 2.45) is 0 Å². The van der Waals surface area contributed by atoms with Gasteiger partial charge in [-0.2, -0.15) is 0 Å². The van der Waals surface area contributed by atoms with Crippen LogP contribution in [-0.2, 0) is 0 Å². The molecule has 0 fully saturated rings. The Kier molecular flexibility index (Phi) is 3.43. The summed E-state index contributed by atoms with van der Waals surface area (Å²) in [6.45, 7) is 1.86. The minimum atomic E-state index is -0.396. The number of hydrazine groups is 1. The third-order valence-corrected chi connectivity index (χ3v) is 1.90. The smallest absolute Gasteiger partial charge is 0.131 e. The summed E-state index contributed by atoms with van der Waals surface area (Å²) >= 11 is 0. The molecule has 0 spiro atoms. The second kappa shape index (κ2) is 4.39. The van der Waals surface area contributed by atoms with E-state index in [-0.39, 0.29) is 11.8 Å². The second-order valence-electron chi connectivity index (χ2n) is 3.45. The SMILES string of the molecule is CC(NN(C)C)c1ccc(O)cc1F. The van der Waals surface area contributed by atoms with Gasteiger partial charge in [-0.05, 0) is 13.0 Å². The zero-order valence-corrected chi connectivity index (χ0v) is 8.58. The molecule has 0 aliphatic heterocycles. The Bertz CT molecular complexity index is 315. The van der Waals surface area contributed by atoms with E-state index in [1.807, 2.05) is 21.0 Å². The normalized spacial score (nSPS) is 13.2. The van der Waals surface area contributed by atoms with E-state index in [4.69, 9.17) is 5.11 Å². The Labute approximate surface area is 83.1 Å². The monoisotopic (exact) mass is 198 g/mol. The lowest BCUT2D eigenvalue weighted by Crippen LogP contribution is -2.33. The molecule has 0 aliphatic carbocycles. The van der Waals surface area contributed by atoms with E-state index in [1.54, 1.807) is 11.1 Å². The Morgan fingerprint density at radius 3 is 2.57 bits per heavy atom. The summed E-state index contributed by atoms with van der Waals surface area (Å²) in [6.07, 6.45) is 0. The number of nitrogens with one attached hydrogen (secondary N) is 1. The fraction of sp³-hybridized carbons (Fsp3) is 0.400. The number of rotatable bonds is 3. The largest absolute Gasteiger partial charge is 0.508 e. The zero-order chi connectivity index (χ0) is 10.7. The van der Waals surface area contributed by atoms with Gasteiger partial charge in [0.2, 0.25) is 0 Å². The Hall–Kier alpha value is -1.13. The standard InChI is InChI=1S/C10H15FN2O/c1-7(12-13(2)3)9-5-4-8(14)6-10(9)11/h4-7,12,14H,1-3H3. The van der Waals surface area contributed by atoms with Crippen molar-refractivity contribution >= 4 is 0 Å². The number of phenolic OH excluding ortho intramolecular Hbond substituents is 1. The molecule has 0 heterocycles. The minimum absolute atomic E-state index is 0.0525. The van der Waals surface area contributed by atoms with E-state index in [1.165, 1.54) is 6.07 Å². The number of benzene rings is 1.